The highest BCUT2D eigenvalue weighted by Gasteiger charge is 2.26. The summed E-state index contributed by atoms with van der Waals surface area (Å²) in [7, 11) is 0. The molecule has 1 heterocycles. The first-order valence-electron chi connectivity index (χ1n) is 5.91. The molecular formula is C11H23N3O. The number of carbonyl (C=O) groups is 1. The van der Waals surface area contributed by atoms with Gasteiger partial charge in [0.15, 0.2) is 0 Å². The number of hydrogen-bond acceptors (Lipinski definition) is 3. The van der Waals surface area contributed by atoms with Crippen molar-refractivity contribution in [1.29, 1.82) is 0 Å². The van der Waals surface area contributed by atoms with E-state index in [-0.39, 0.29) is 11.9 Å². The summed E-state index contributed by atoms with van der Waals surface area (Å²) in [5.74, 6) is 0.158. The average molecular weight is 213 g/mol. The van der Waals surface area contributed by atoms with Crippen molar-refractivity contribution in [2.75, 3.05) is 26.2 Å². The van der Waals surface area contributed by atoms with Gasteiger partial charge < -0.3 is 10.6 Å². The van der Waals surface area contributed by atoms with Crippen LogP contribution in [-0.4, -0.2) is 49.1 Å². The van der Waals surface area contributed by atoms with Crippen LogP contribution < -0.4 is 10.6 Å². The number of rotatable bonds is 4. The molecule has 4 nitrogen and oxygen atoms in total. The minimum atomic E-state index is -0.00588. The summed E-state index contributed by atoms with van der Waals surface area (Å²) < 4.78 is 0. The van der Waals surface area contributed by atoms with Gasteiger partial charge in [0.25, 0.3) is 0 Å². The fourth-order valence-electron chi connectivity index (χ4n) is 1.98. The maximum atomic E-state index is 11.8. The number of carbonyl (C=O) groups excluding carboxylic acids is 1. The van der Waals surface area contributed by atoms with E-state index in [1.54, 1.807) is 0 Å². The summed E-state index contributed by atoms with van der Waals surface area (Å²) >= 11 is 0. The van der Waals surface area contributed by atoms with Gasteiger partial charge in [-0.25, -0.2) is 0 Å². The lowest BCUT2D eigenvalue weighted by molar-refractivity contribution is -0.127. The highest BCUT2D eigenvalue weighted by atomic mass is 16.2. The monoisotopic (exact) mass is 213 g/mol. The maximum absolute atomic E-state index is 11.8. The Labute approximate surface area is 92.4 Å². The zero-order chi connectivity index (χ0) is 11.3. The van der Waals surface area contributed by atoms with E-state index in [0.29, 0.717) is 6.04 Å². The quantitative estimate of drug-likeness (QED) is 0.701. The van der Waals surface area contributed by atoms with Gasteiger partial charge in [-0.15, -0.1) is 0 Å². The minimum absolute atomic E-state index is 0.00588. The minimum Gasteiger partial charge on any atom is -0.355 e. The summed E-state index contributed by atoms with van der Waals surface area (Å²) in [6.45, 7) is 9.92. The average Bonchev–Trinajstić information content (AvgIpc) is 2.25. The van der Waals surface area contributed by atoms with Crippen LogP contribution in [0.2, 0.25) is 0 Å². The smallest absolute Gasteiger partial charge is 0.237 e. The topological polar surface area (TPSA) is 44.4 Å². The molecule has 0 spiro atoms. The van der Waals surface area contributed by atoms with Gasteiger partial charge in [0.05, 0.1) is 6.04 Å². The molecule has 1 saturated heterocycles. The highest BCUT2D eigenvalue weighted by Crippen LogP contribution is 2.07. The second kappa shape index (κ2) is 6.08. The molecule has 0 saturated carbocycles. The Morgan fingerprint density at radius 1 is 1.67 bits per heavy atom. The molecule has 1 rings (SSSR count). The van der Waals surface area contributed by atoms with Gasteiger partial charge in [-0.1, -0.05) is 6.92 Å². The zero-order valence-corrected chi connectivity index (χ0v) is 10.0. The Morgan fingerprint density at radius 2 is 2.40 bits per heavy atom. The van der Waals surface area contributed by atoms with Crippen LogP contribution >= 0.6 is 0 Å². The SMILES string of the molecule is CCCNC(=O)C(C)N1CCNCC1C. The number of hydrogen-bond donors (Lipinski definition) is 2. The molecular weight excluding hydrogens is 190 g/mol. The van der Waals surface area contributed by atoms with Crippen LogP contribution in [0.1, 0.15) is 27.2 Å². The van der Waals surface area contributed by atoms with Crippen molar-refractivity contribution in [3.8, 4) is 0 Å². The van der Waals surface area contributed by atoms with E-state index < -0.39 is 0 Å². The van der Waals surface area contributed by atoms with Crippen molar-refractivity contribution in [3.63, 3.8) is 0 Å². The van der Waals surface area contributed by atoms with Gasteiger partial charge in [0.1, 0.15) is 0 Å². The molecule has 1 amide bonds. The summed E-state index contributed by atoms with van der Waals surface area (Å²) in [4.78, 5) is 14.0. The number of nitrogens with zero attached hydrogens (tertiary/aromatic N) is 1. The first-order chi connectivity index (χ1) is 7.16. The molecule has 1 aliphatic heterocycles. The van der Waals surface area contributed by atoms with E-state index >= 15 is 0 Å². The molecule has 0 aromatic heterocycles. The standard InChI is InChI=1S/C11H23N3O/c1-4-5-13-11(15)10(3)14-7-6-12-8-9(14)2/h9-10,12H,4-8H2,1-3H3,(H,13,15). The second-order valence-electron chi connectivity index (χ2n) is 4.26. The molecule has 0 bridgehead atoms. The van der Waals surface area contributed by atoms with E-state index in [2.05, 4.69) is 29.4 Å². The van der Waals surface area contributed by atoms with E-state index in [1.807, 2.05) is 6.92 Å². The Balaban J connectivity index is 2.42. The van der Waals surface area contributed by atoms with Crippen LogP contribution in [0.25, 0.3) is 0 Å². The van der Waals surface area contributed by atoms with Gasteiger partial charge in [-0.2, -0.15) is 0 Å². The lowest BCUT2D eigenvalue weighted by Crippen LogP contribution is -2.57. The predicted octanol–water partition coefficient (Wildman–Crippen LogP) is 0.195. The third kappa shape index (κ3) is 3.47. The van der Waals surface area contributed by atoms with Gasteiger partial charge >= 0.3 is 0 Å². The van der Waals surface area contributed by atoms with Gasteiger partial charge in [0, 0.05) is 32.2 Å². The molecule has 88 valence electrons. The van der Waals surface area contributed by atoms with Gasteiger partial charge in [-0.05, 0) is 20.3 Å². The van der Waals surface area contributed by atoms with E-state index in [9.17, 15) is 4.79 Å². The fraction of sp³-hybridized carbons (Fsp3) is 0.909. The molecule has 2 atom stereocenters. The number of nitrogens with one attached hydrogen (secondary N) is 2. The number of amides is 1. The lowest BCUT2D eigenvalue weighted by Gasteiger charge is -2.37. The van der Waals surface area contributed by atoms with E-state index in [4.69, 9.17) is 0 Å². The van der Waals surface area contributed by atoms with Crippen LogP contribution in [0.3, 0.4) is 0 Å². The summed E-state index contributed by atoms with van der Waals surface area (Å²) in [5, 5.41) is 6.28. The van der Waals surface area contributed by atoms with Crippen molar-refractivity contribution >= 4 is 5.91 Å². The molecule has 0 aromatic carbocycles. The van der Waals surface area contributed by atoms with Gasteiger partial charge in [0.2, 0.25) is 5.91 Å². The van der Waals surface area contributed by atoms with Gasteiger partial charge in [-0.3, -0.25) is 9.69 Å². The molecule has 0 aliphatic carbocycles. The lowest BCUT2D eigenvalue weighted by atomic mass is 10.1. The van der Waals surface area contributed by atoms with Crippen molar-refractivity contribution < 1.29 is 4.79 Å². The molecule has 2 unspecified atom stereocenters. The largest absolute Gasteiger partial charge is 0.355 e. The molecule has 0 radical (unpaired) electrons. The third-order valence-corrected chi connectivity index (χ3v) is 2.98. The fourth-order valence-corrected chi connectivity index (χ4v) is 1.98. The first kappa shape index (κ1) is 12.5. The van der Waals surface area contributed by atoms with E-state index in [1.165, 1.54) is 0 Å². The summed E-state index contributed by atoms with van der Waals surface area (Å²) in [6.07, 6.45) is 0.996. The molecule has 2 N–H and O–H groups in total. The molecule has 1 fully saturated rings. The highest BCUT2D eigenvalue weighted by molar-refractivity contribution is 5.81. The van der Waals surface area contributed by atoms with Crippen molar-refractivity contribution in [2.24, 2.45) is 0 Å². The summed E-state index contributed by atoms with van der Waals surface area (Å²) in [6, 6.07) is 0.440. The second-order valence-corrected chi connectivity index (χ2v) is 4.26. The first-order valence-corrected chi connectivity index (χ1v) is 5.91. The Bertz CT molecular complexity index is 208. The van der Waals surface area contributed by atoms with Crippen molar-refractivity contribution in [3.05, 3.63) is 0 Å². The van der Waals surface area contributed by atoms with Crippen molar-refractivity contribution in [1.82, 2.24) is 15.5 Å². The summed E-state index contributed by atoms with van der Waals surface area (Å²) in [5.41, 5.74) is 0. The van der Waals surface area contributed by atoms with E-state index in [0.717, 1.165) is 32.6 Å². The Morgan fingerprint density at radius 3 is 3.00 bits per heavy atom. The Hall–Kier alpha value is -0.610. The normalized spacial score (nSPS) is 24.9. The van der Waals surface area contributed by atoms with Crippen LogP contribution in [0, 0.1) is 0 Å². The predicted molar refractivity (Wildman–Crippen MR) is 61.8 cm³/mol. The van der Waals surface area contributed by atoms with Crippen LogP contribution in [0.5, 0.6) is 0 Å². The molecule has 15 heavy (non-hydrogen) atoms. The molecule has 1 aliphatic rings. The van der Waals surface area contributed by atoms with Crippen LogP contribution in [-0.2, 0) is 4.79 Å². The van der Waals surface area contributed by atoms with Crippen molar-refractivity contribution in [2.45, 2.75) is 39.3 Å². The molecule has 4 heteroatoms. The number of piperazine rings is 1. The zero-order valence-electron chi connectivity index (χ0n) is 10.0. The third-order valence-electron chi connectivity index (χ3n) is 2.98. The van der Waals surface area contributed by atoms with Crippen LogP contribution in [0.15, 0.2) is 0 Å². The van der Waals surface area contributed by atoms with Crippen LogP contribution in [0.4, 0.5) is 0 Å². The Kier molecular flexibility index (Phi) is 5.05. The maximum Gasteiger partial charge on any atom is 0.237 e. The molecule has 0 aromatic rings.